The third-order valence-corrected chi connectivity index (χ3v) is 4.40. The van der Waals surface area contributed by atoms with Gasteiger partial charge in [0.1, 0.15) is 0 Å². The van der Waals surface area contributed by atoms with E-state index >= 15 is 0 Å². The van der Waals surface area contributed by atoms with Crippen molar-refractivity contribution in [1.29, 1.82) is 0 Å². The molecule has 98 valence electrons. The molecule has 1 N–H and O–H groups in total. The Hall–Kier alpha value is -1.36. The lowest BCUT2D eigenvalue weighted by molar-refractivity contribution is -0.137. The maximum absolute atomic E-state index is 12.2. The number of carbonyl (C=O) groups is 2. The van der Waals surface area contributed by atoms with Gasteiger partial charge >= 0.3 is 5.97 Å². The van der Waals surface area contributed by atoms with Crippen molar-refractivity contribution in [3.63, 3.8) is 0 Å². The summed E-state index contributed by atoms with van der Waals surface area (Å²) >= 11 is 1.48. The van der Waals surface area contributed by atoms with Crippen molar-refractivity contribution >= 4 is 23.2 Å². The lowest BCUT2D eigenvalue weighted by atomic mass is 10.0. The predicted molar refractivity (Wildman–Crippen MR) is 69.9 cm³/mol. The Morgan fingerprint density at radius 1 is 1.56 bits per heavy atom. The van der Waals surface area contributed by atoms with E-state index in [1.54, 1.807) is 0 Å². The van der Waals surface area contributed by atoms with Crippen LogP contribution in [-0.4, -0.2) is 35.0 Å². The van der Waals surface area contributed by atoms with Crippen LogP contribution in [0.3, 0.4) is 0 Å². The lowest BCUT2D eigenvalue weighted by Gasteiger charge is -2.16. The van der Waals surface area contributed by atoms with Gasteiger partial charge in [-0.3, -0.25) is 9.59 Å². The van der Waals surface area contributed by atoms with E-state index in [0.717, 1.165) is 23.4 Å². The fraction of sp³-hybridized carbons (Fsp3) is 0.538. The summed E-state index contributed by atoms with van der Waals surface area (Å²) in [4.78, 5) is 25.4. The average molecular weight is 267 g/mol. The van der Waals surface area contributed by atoms with Crippen LogP contribution in [0.15, 0.2) is 11.4 Å². The first-order valence-electron chi connectivity index (χ1n) is 6.13. The Morgan fingerprint density at radius 3 is 2.94 bits per heavy atom. The first-order chi connectivity index (χ1) is 8.58. The van der Waals surface area contributed by atoms with Gasteiger partial charge in [-0.15, -0.1) is 11.3 Å². The minimum absolute atomic E-state index is 0.0975. The number of likely N-dealkylation sites (tertiary alicyclic amines) is 1. The first-order valence-corrected chi connectivity index (χ1v) is 7.01. The molecule has 4 nitrogen and oxygen atoms in total. The molecule has 1 unspecified atom stereocenters. The van der Waals surface area contributed by atoms with E-state index in [0.29, 0.717) is 18.9 Å². The van der Waals surface area contributed by atoms with Crippen molar-refractivity contribution in [2.45, 2.75) is 26.2 Å². The second-order valence-electron chi connectivity index (χ2n) is 4.77. The van der Waals surface area contributed by atoms with E-state index in [9.17, 15) is 9.59 Å². The Bertz CT molecular complexity index is 455. The number of carbonyl (C=O) groups excluding carboxylic acids is 1. The minimum atomic E-state index is -0.756. The molecule has 1 aromatic heterocycles. The molecule has 1 saturated heterocycles. The summed E-state index contributed by atoms with van der Waals surface area (Å²) in [6.07, 6.45) is 1.79. The molecule has 18 heavy (non-hydrogen) atoms. The summed E-state index contributed by atoms with van der Waals surface area (Å²) in [6.45, 7) is 3.39. The summed E-state index contributed by atoms with van der Waals surface area (Å²) in [7, 11) is 0. The zero-order chi connectivity index (χ0) is 13.1. The lowest BCUT2D eigenvalue weighted by Crippen LogP contribution is -2.28. The van der Waals surface area contributed by atoms with Gasteiger partial charge in [0, 0.05) is 19.5 Å². The summed E-state index contributed by atoms with van der Waals surface area (Å²) in [5, 5.41) is 10.6. The maximum atomic E-state index is 12.2. The van der Waals surface area contributed by atoms with E-state index < -0.39 is 5.97 Å². The summed E-state index contributed by atoms with van der Waals surface area (Å²) < 4.78 is 0. The highest BCUT2D eigenvalue weighted by molar-refractivity contribution is 7.12. The molecule has 1 fully saturated rings. The number of nitrogens with zero attached hydrogens (tertiary/aromatic N) is 1. The molecule has 1 aromatic rings. The van der Waals surface area contributed by atoms with E-state index in [-0.39, 0.29) is 12.3 Å². The van der Waals surface area contributed by atoms with Crippen LogP contribution in [0.4, 0.5) is 0 Å². The van der Waals surface area contributed by atoms with Crippen molar-refractivity contribution in [3.8, 4) is 0 Å². The molecule has 0 bridgehead atoms. The Morgan fingerprint density at radius 2 is 2.33 bits per heavy atom. The molecule has 0 aromatic carbocycles. The zero-order valence-corrected chi connectivity index (χ0v) is 11.2. The summed E-state index contributed by atoms with van der Waals surface area (Å²) in [5.41, 5.74) is 1.03. The van der Waals surface area contributed by atoms with Crippen LogP contribution in [0.5, 0.6) is 0 Å². The topological polar surface area (TPSA) is 57.6 Å². The molecule has 1 aliphatic heterocycles. The van der Waals surface area contributed by atoms with Gasteiger partial charge in [0.2, 0.25) is 0 Å². The van der Waals surface area contributed by atoms with E-state index in [1.165, 1.54) is 11.3 Å². The molecule has 1 amide bonds. The third-order valence-electron chi connectivity index (χ3n) is 3.40. The van der Waals surface area contributed by atoms with E-state index in [1.807, 2.05) is 23.3 Å². The number of carboxylic acid groups (broad SMARTS) is 1. The largest absolute Gasteiger partial charge is 0.481 e. The second kappa shape index (κ2) is 5.52. The van der Waals surface area contributed by atoms with E-state index in [2.05, 4.69) is 0 Å². The molecule has 0 spiro atoms. The molecule has 0 radical (unpaired) electrons. The summed E-state index contributed by atoms with van der Waals surface area (Å²) in [5.74, 6) is -0.320. The number of rotatable bonds is 4. The van der Waals surface area contributed by atoms with Crippen LogP contribution < -0.4 is 0 Å². The van der Waals surface area contributed by atoms with Crippen LogP contribution in [0.1, 0.15) is 34.5 Å². The molecule has 5 heteroatoms. The van der Waals surface area contributed by atoms with Gasteiger partial charge in [-0.05, 0) is 42.7 Å². The van der Waals surface area contributed by atoms with Crippen molar-refractivity contribution < 1.29 is 14.7 Å². The highest BCUT2D eigenvalue weighted by atomic mass is 32.1. The normalized spacial score (nSPS) is 19.2. The molecule has 2 heterocycles. The standard InChI is InChI=1S/C13H17NO3S/c1-9-5-7-18-12(9)13(17)14-6-4-10(8-14)2-3-11(15)16/h5,7,10H,2-4,6,8H2,1H3,(H,15,16). The van der Waals surface area contributed by atoms with E-state index in [4.69, 9.17) is 5.11 Å². The molecule has 0 saturated carbocycles. The minimum Gasteiger partial charge on any atom is -0.481 e. The van der Waals surface area contributed by atoms with Gasteiger partial charge in [0.15, 0.2) is 0 Å². The van der Waals surface area contributed by atoms with Crippen molar-refractivity contribution in [2.75, 3.05) is 13.1 Å². The summed E-state index contributed by atoms with van der Waals surface area (Å²) in [6, 6.07) is 1.95. The van der Waals surface area contributed by atoms with Crippen LogP contribution in [-0.2, 0) is 4.79 Å². The fourth-order valence-electron chi connectivity index (χ4n) is 2.32. The molecular formula is C13H17NO3S. The number of amides is 1. The van der Waals surface area contributed by atoms with Gasteiger partial charge < -0.3 is 10.0 Å². The predicted octanol–water partition coefficient (Wildman–Crippen LogP) is 2.38. The fourth-order valence-corrected chi connectivity index (χ4v) is 3.21. The van der Waals surface area contributed by atoms with Crippen LogP contribution in [0, 0.1) is 12.8 Å². The number of carboxylic acids is 1. The van der Waals surface area contributed by atoms with Gasteiger partial charge in [0.05, 0.1) is 4.88 Å². The smallest absolute Gasteiger partial charge is 0.303 e. The zero-order valence-electron chi connectivity index (χ0n) is 10.4. The number of aryl methyl sites for hydroxylation is 1. The Kier molecular flexibility index (Phi) is 4.01. The number of hydrogen-bond donors (Lipinski definition) is 1. The molecule has 0 aliphatic carbocycles. The average Bonchev–Trinajstić information content (AvgIpc) is 2.94. The quantitative estimate of drug-likeness (QED) is 0.911. The highest BCUT2D eigenvalue weighted by Crippen LogP contribution is 2.25. The number of hydrogen-bond acceptors (Lipinski definition) is 3. The number of thiophene rings is 1. The van der Waals surface area contributed by atoms with Crippen molar-refractivity contribution in [3.05, 3.63) is 21.9 Å². The molecular weight excluding hydrogens is 250 g/mol. The monoisotopic (exact) mass is 267 g/mol. The Balaban J connectivity index is 1.91. The molecule has 2 rings (SSSR count). The first kappa shape index (κ1) is 13.1. The molecule has 1 atom stereocenters. The maximum Gasteiger partial charge on any atom is 0.303 e. The van der Waals surface area contributed by atoms with Gasteiger partial charge in [-0.2, -0.15) is 0 Å². The van der Waals surface area contributed by atoms with Crippen molar-refractivity contribution in [1.82, 2.24) is 4.90 Å². The SMILES string of the molecule is Cc1ccsc1C(=O)N1CCC(CCC(=O)O)C1. The third kappa shape index (κ3) is 2.90. The second-order valence-corrected chi connectivity index (χ2v) is 5.69. The molecule has 1 aliphatic rings. The number of aliphatic carboxylic acids is 1. The van der Waals surface area contributed by atoms with Crippen LogP contribution in [0.2, 0.25) is 0 Å². The highest BCUT2D eigenvalue weighted by Gasteiger charge is 2.28. The van der Waals surface area contributed by atoms with Crippen LogP contribution >= 0.6 is 11.3 Å². The van der Waals surface area contributed by atoms with Crippen molar-refractivity contribution in [2.24, 2.45) is 5.92 Å². The van der Waals surface area contributed by atoms with Crippen LogP contribution in [0.25, 0.3) is 0 Å². The Labute approximate surface area is 110 Å². The van der Waals surface area contributed by atoms with Gasteiger partial charge in [-0.25, -0.2) is 0 Å². The van der Waals surface area contributed by atoms with Gasteiger partial charge in [0.25, 0.3) is 5.91 Å². The van der Waals surface area contributed by atoms with Gasteiger partial charge in [-0.1, -0.05) is 0 Å².